The summed E-state index contributed by atoms with van der Waals surface area (Å²) in [7, 11) is 0. The number of hydrogen-bond acceptors (Lipinski definition) is 2. The highest BCUT2D eigenvalue weighted by Crippen LogP contribution is 2.21. The van der Waals surface area contributed by atoms with Crippen molar-refractivity contribution in [2.75, 3.05) is 0 Å². The number of aryl methyl sites for hydroxylation is 2. The van der Waals surface area contributed by atoms with Crippen LogP contribution in [0.4, 0.5) is 0 Å². The van der Waals surface area contributed by atoms with E-state index < -0.39 is 0 Å². The third kappa shape index (κ3) is 4.31. The van der Waals surface area contributed by atoms with Crippen molar-refractivity contribution in [2.45, 2.75) is 46.1 Å². The van der Waals surface area contributed by atoms with Gasteiger partial charge in [0.2, 0.25) is 5.91 Å². The number of hydrogen-bond donors (Lipinski definition) is 2. The number of carbonyl (C=O) groups excluding carboxylic acids is 1. The summed E-state index contributed by atoms with van der Waals surface area (Å²) in [4.78, 5) is 27.4. The minimum absolute atomic E-state index is 0.0302. The molecule has 0 aliphatic heterocycles. The molecule has 1 aromatic heterocycles. The Morgan fingerprint density at radius 3 is 2.52 bits per heavy atom. The lowest BCUT2D eigenvalue weighted by atomic mass is 9.93. The van der Waals surface area contributed by atoms with Gasteiger partial charge in [0.15, 0.2) is 0 Å². The molecule has 0 radical (unpaired) electrons. The third-order valence-electron chi connectivity index (χ3n) is 4.03. The van der Waals surface area contributed by atoms with Crippen LogP contribution in [-0.4, -0.2) is 10.9 Å². The molecule has 1 amide bonds. The molecule has 4 nitrogen and oxygen atoms in total. The Bertz CT molecular complexity index is 720. The predicted octanol–water partition coefficient (Wildman–Crippen LogP) is 3.19. The van der Waals surface area contributed by atoms with E-state index in [-0.39, 0.29) is 23.9 Å². The summed E-state index contributed by atoms with van der Waals surface area (Å²) < 4.78 is 0. The van der Waals surface area contributed by atoms with Gasteiger partial charge in [-0.15, -0.1) is 0 Å². The molecule has 1 atom stereocenters. The van der Waals surface area contributed by atoms with Gasteiger partial charge >= 0.3 is 0 Å². The van der Waals surface area contributed by atoms with Crippen molar-refractivity contribution < 1.29 is 4.79 Å². The summed E-state index contributed by atoms with van der Waals surface area (Å²) in [6.07, 6.45) is 1.72. The lowest BCUT2D eigenvalue weighted by Crippen LogP contribution is -2.31. The Morgan fingerprint density at radius 2 is 1.91 bits per heavy atom. The molecule has 1 heterocycles. The van der Waals surface area contributed by atoms with Crippen molar-refractivity contribution in [1.82, 2.24) is 10.3 Å². The van der Waals surface area contributed by atoms with Crippen LogP contribution >= 0.6 is 0 Å². The Labute approximate surface area is 137 Å². The highest BCUT2D eigenvalue weighted by molar-refractivity contribution is 5.83. The molecule has 0 spiro atoms. The summed E-state index contributed by atoms with van der Waals surface area (Å²) in [5, 5.41) is 2.92. The van der Waals surface area contributed by atoms with E-state index in [0.717, 1.165) is 29.7 Å². The van der Waals surface area contributed by atoms with E-state index in [9.17, 15) is 9.59 Å². The zero-order chi connectivity index (χ0) is 16.8. The maximum absolute atomic E-state index is 12.6. The largest absolute Gasteiger partial charge is 0.351 e. The molecule has 1 aromatic carbocycles. The first-order valence-electron chi connectivity index (χ1n) is 8.05. The number of pyridine rings is 1. The summed E-state index contributed by atoms with van der Waals surface area (Å²) in [6, 6.07) is 11.7. The molecule has 0 saturated heterocycles. The van der Waals surface area contributed by atoms with Crippen LogP contribution in [0.5, 0.6) is 0 Å². The van der Waals surface area contributed by atoms with Gasteiger partial charge in [0, 0.05) is 17.8 Å². The number of amides is 1. The van der Waals surface area contributed by atoms with Crippen LogP contribution in [0.3, 0.4) is 0 Å². The second-order valence-electron chi connectivity index (χ2n) is 5.91. The number of rotatable bonds is 6. The Balaban J connectivity index is 2.13. The zero-order valence-corrected chi connectivity index (χ0v) is 14.0. The predicted molar refractivity (Wildman–Crippen MR) is 92.5 cm³/mol. The van der Waals surface area contributed by atoms with Crippen molar-refractivity contribution >= 4 is 5.91 Å². The highest BCUT2D eigenvalue weighted by atomic mass is 16.2. The van der Waals surface area contributed by atoms with Gasteiger partial charge < -0.3 is 10.3 Å². The van der Waals surface area contributed by atoms with Crippen LogP contribution in [0, 0.1) is 13.8 Å². The Kier molecular flexibility index (Phi) is 5.74. The molecular weight excluding hydrogens is 288 g/mol. The van der Waals surface area contributed by atoms with Crippen LogP contribution in [0.1, 0.15) is 48.1 Å². The van der Waals surface area contributed by atoms with Crippen molar-refractivity contribution in [3.05, 3.63) is 69.1 Å². The third-order valence-corrected chi connectivity index (χ3v) is 4.03. The standard InChI is InChI=1S/C19H24N2O2/c1-4-8-16(15-9-6-5-7-10-15)18(22)20-12-17-13(2)11-14(3)21-19(17)23/h5-7,9-11,16H,4,8,12H2,1-3H3,(H,20,22)(H,21,23)/t16-/m0/s1. The van der Waals surface area contributed by atoms with Crippen LogP contribution < -0.4 is 10.9 Å². The number of aromatic nitrogens is 1. The van der Waals surface area contributed by atoms with Gasteiger partial charge in [-0.05, 0) is 37.5 Å². The zero-order valence-electron chi connectivity index (χ0n) is 14.0. The first kappa shape index (κ1) is 17.0. The van der Waals surface area contributed by atoms with Gasteiger partial charge in [0.1, 0.15) is 0 Å². The molecule has 23 heavy (non-hydrogen) atoms. The average Bonchev–Trinajstić information content (AvgIpc) is 2.52. The van der Waals surface area contributed by atoms with Gasteiger partial charge in [0.05, 0.1) is 5.92 Å². The van der Waals surface area contributed by atoms with Crippen LogP contribution in [0.25, 0.3) is 0 Å². The number of nitrogens with one attached hydrogen (secondary N) is 2. The van der Waals surface area contributed by atoms with Gasteiger partial charge in [-0.3, -0.25) is 9.59 Å². The number of benzene rings is 1. The number of H-pyrrole nitrogens is 1. The molecular formula is C19H24N2O2. The van der Waals surface area contributed by atoms with Crippen LogP contribution in [0.15, 0.2) is 41.2 Å². The van der Waals surface area contributed by atoms with Gasteiger partial charge in [-0.25, -0.2) is 0 Å². The molecule has 2 rings (SSSR count). The van der Waals surface area contributed by atoms with E-state index in [1.165, 1.54) is 0 Å². The number of carbonyl (C=O) groups is 1. The lowest BCUT2D eigenvalue weighted by Gasteiger charge is -2.17. The van der Waals surface area contributed by atoms with E-state index in [2.05, 4.69) is 17.2 Å². The van der Waals surface area contributed by atoms with E-state index in [0.29, 0.717) is 5.56 Å². The lowest BCUT2D eigenvalue weighted by molar-refractivity contribution is -0.122. The van der Waals surface area contributed by atoms with Crippen molar-refractivity contribution in [1.29, 1.82) is 0 Å². The van der Waals surface area contributed by atoms with Gasteiger partial charge in [-0.1, -0.05) is 43.7 Å². The van der Waals surface area contributed by atoms with Gasteiger partial charge in [-0.2, -0.15) is 0 Å². The molecule has 2 N–H and O–H groups in total. The first-order valence-corrected chi connectivity index (χ1v) is 8.05. The fourth-order valence-corrected chi connectivity index (χ4v) is 2.82. The minimum atomic E-state index is -0.175. The van der Waals surface area contributed by atoms with E-state index in [4.69, 9.17) is 0 Å². The van der Waals surface area contributed by atoms with E-state index in [1.807, 2.05) is 50.2 Å². The molecule has 0 unspecified atom stereocenters. The smallest absolute Gasteiger partial charge is 0.253 e. The van der Waals surface area contributed by atoms with E-state index >= 15 is 0 Å². The fraction of sp³-hybridized carbons (Fsp3) is 0.368. The normalized spacial score (nSPS) is 12.0. The molecule has 4 heteroatoms. The molecule has 0 saturated carbocycles. The number of aromatic amines is 1. The second kappa shape index (κ2) is 7.77. The molecule has 0 aliphatic carbocycles. The molecule has 0 fully saturated rings. The molecule has 0 bridgehead atoms. The first-order chi connectivity index (χ1) is 11.0. The maximum Gasteiger partial charge on any atom is 0.253 e. The minimum Gasteiger partial charge on any atom is -0.351 e. The Morgan fingerprint density at radius 1 is 1.22 bits per heavy atom. The topological polar surface area (TPSA) is 62.0 Å². The summed E-state index contributed by atoms with van der Waals surface area (Å²) in [6.45, 7) is 6.07. The van der Waals surface area contributed by atoms with E-state index in [1.54, 1.807) is 0 Å². The summed E-state index contributed by atoms with van der Waals surface area (Å²) in [5.74, 6) is -0.205. The molecule has 2 aromatic rings. The highest BCUT2D eigenvalue weighted by Gasteiger charge is 2.19. The van der Waals surface area contributed by atoms with Crippen LogP contribution in [-0.2, 0) is 11.3 Å². The molecule has 0 aliphatic rings. The Hall–Kier alpha value is -2.36. The SMILES string of the molecule is CCC[C@H](C(=O)NCc1c(C)cc(C)[nH]c1=O)c1ccccc1. The van der Waals surface area contributed by atoms with Crippen molar-refractivity contribution in [3.63, 3.8) is 0 Å². The fourth-order valence-electron chi connectivity index (χ4n) is 2.82. The average molecular weight is 312 g/mol. The maximum atomic E-state index is 12.6. The van der Waals surface area contributed by atoms with Crippen molar-refractivity contribution in [2.24, 2.45) is 0 Å². The van der Waals surface area contributed by atoms with Crippen molar-refractivity contribution in [3.8, 4) is 0 Å². The quantitative estimate of drug-likeness (QED) is 0.860. The summed E-state index contributed by atoms with van der Waals surface area (Å²) >= 11 is 0. The monoisotopic (exact) mass is 312 g/mol. The molecule has 122 valence electrons. The summed E-state index contributed by atoms with van der Waals surface area (Å²) in [5.41, 5.74) is 3.23. The second-order valence-corrected chi connectivity index (χ2v) is 5.91. The van der Waals surface area contributed by atoms with Gasteiger partial charge in [0.25, 0.3) is 5.56 Å². The van der Waals surface area contributed by atoms with Crippen LogP contribution in [0.2, 0.25) is 0 Å².